The van der Waals surface area contributed by atoms with Gasteiger partial charge in [-0.25, -0.2) is 0 Å². The highest BCUT2D eigenvalue weighted by Crippen LogP contribution is 2.25. The Bertz CT molecular complexity index is 383. The molecule has 3 nitrogen and oxygen atoms in total. The van der Waals surface area contributed by atoms with Crippen LogP contribution >= 0.6 is 0 Å². The fourth-order valence-corrected chi connectivity index (χ4v) is 1.60. The lowest BCUT2D eigenvalue weighted by Gasteiger charge is -2.28. The van der Waals surface area contributed by atoms with Crippen molar-refractivity contribution in [1.29, 1.82) is 0 Å². The summed E-state index contributed by atoms with van der Waals surface area (Å²) in [4.78, 5) is 0. The van der Waals surface area contributed by atoms with Gasteiger partial charge < -0.3 is 15.6 Å². The summed E-state index contributed by atoms with van der Waals surface area (Å²) in [6.07, 6.45) is -6.12. The number of nitrogens with two attached hydrogens (primary N) is 1. The van der Waals surface area contributed by atoms with Crippen LogP contribution in [-0.2, 0) is 10.3 Å². The Morgan fingerprint density at radius 2 is 1.84 bits per heavy atom. The molecule has 3 N–H and O–H groups in total. The summed E-state index contributed by atoms with van der Waals surface area (Å²) >= 11 is 0. The van der Waals surface area contributed by atoms with Crippen LogP contribution in [0.1, 0.15) is 18.9 Å². The Morgan fingerprint density at radius 3 is 2.32 bits per heavy atom. The first-order valence-corrected chi connectivity index (χ1v) is 5.93. The number of alkyl halides is 3. The molecule has 19 heavy (non-hydrogen) atoms. The molecule has 6 heteroatoms. The molecule has 0 amide bonds. The fourth-order valence-electron chi connectivity index (χ4n) is 1.60. The lowest BCUT2D eigenvalue weighted by molar-refractivity contribution is -0.215. The monoisotopic (exact) mass is 277 g/mol. The van der Waals surface area contributed by atoms with E-state index in [4.69, 9.17) is 10.5 Å². The average molecular weight is 277 g/mol. The molecule has 108 valence electrons. The number of benzene rings is 1. The summed E-state index contributed by atoms with van der Waals surface area (Å²) < 4.78 is 41.5. The topological polar surface area (TPSA) is 55.5 Å². The highest BCUT2D eigenvalue weighted by Gasteiger charge is 2.37. The summed E-state index contributed by atoms with van der Waals surface area (Å²) in [5, 5.41) is 9.36. The molecule has 0 aliphatic carbocycles. The minimum Gasteiger partial charge on any atom is -0.394 e. The van der Waals surface area contributed by atoms with Gasteiger partial charge in [0.15, 0.2) is 6.10 Å². The Kier molecular flexibility index (Phi) is 5.34. The van der Waals surface area contributed by atoms with E-state index in [1.54, 1.807) is 30.3 Å². The van der Waals surface area contributed by atoms with Crippen LogP contribution in [0.15, 0.2) is 30.3 Å². The molecule has 2 atom stereocenters. The van der Waals surface area contributed by atoms with Gasteiger partial charge in [0, 0.05) is 6.61 Å². The van der Waals surface area contributed by atoms with Gasteiger partial charge in [-0.15, -0.1) is 0 Å². The molecule has 0 aliphatic heterocycles. The minimum absolute atomic E-state index is 0.105. The van der Waals surface area contributed by atoms with Crippen LogP contribution in [0, 0.1) is 0 Å². The molecule has 0 heterocycles. The van der Waals surface area contributed by atoms with E-state index in [-0.39, 0.29) is 19.6 Å². The van der Waals surface area contributed by atoms with Gasteiger partial charge in [0.25, 0.3) is 0 Å². The Labute approximate surface area is 110 Å². The smallest absolute Gasteiger partial charge is 0.394 e. The number of aliphatic hydroxyl groups excluding tert-OH is 1. The zero-order valence-corrected chi connectivity index (χ0v) is 10.7. The van der Waals surface area contributed by atoms with Crippen molar-refractivity contribution in [2.75, 3.05) is 13.2 Å². The predicted octanol–water partition coefficient (Wildman–Crippen LogP) is 2.19. The minimum atomic E-state index is -4.39. The van der Waals surface area contributed by atoms with E-state index in [9.17, 15) is 18.3 Å². The van der Waals surface area contributed by atoms with Crippen molar-refractivity contribution in [3.05, 3.63) is 35.9 Å². The molecule has 1 aromatic rings. The van der Waals surface area contributed by atoms with Gasteiger partial charge in [-0.05, 0) is 18.9 Å². The van der Waals surface area contributed by atoms with Crippen LogP contribution in [0.25, 0.3) is 0 Å². The SMILES string of the molecule is CC(OCCC(N)(CO)c1ccccc1)C(F)(F)F. The van der Waals surface area contributed by atoms with E-state index in [0.717, 1.165) is 6.92 Å². The molecular formula is C13H18F3NO2. The first kappa shape index (κ1) is 15.9. The molecule has 0 bridgehead atoms. The summed E-state index contributed by atoms with van der Waals surface area (Å²) in [5.41, 5.74) is 5.58. The third kappa shape index (κ3) is 4.49. The van der Waals surface area contributed by atoms with Crippen molar-refractivity contribution in [2.24, 2.45) is 5.73 Å². The summed E-state index contributed by atoms with van der Waals surface area (Å²) in [6, 6.07) is 8.76. The van der Waals surface area contributed by atoms with Crippen LogP contribution in [0.4, 0.5) is 13.2 Å². The number of rotatable bonds is 6. The molecule has 0 radical (unpaired) electrons. The molecule has 1 rings (SSSR count). The van der Waals surface area contributed by atoms with Crippen molar-refractivity contribution in [3.8, 4) is 0 Å². The standard InChI is InChI=1S/C13H18F3NO2/c1-10(13(14,15)16)19-8-7-12(17,9-18)11-5-3-2-4-6-11/h2-6,10,18H,7-9,17H2,1H3. The van der Waals surface area contributed by atoms with Crippen LogP contribution in [0.3, 0.4) is 0 Å². The predicted molar refractivity (Wildman–Crippen MR) is 65.5 cm³/mol. The lowest BCUT2D eigenvalue weighted by atomic mass is 9.89. The van der Waals surface area contributed by atoms with Crippen molar-refractivity contribution >= 4 is 0 Å². The highest BCUT2D eigenvalue weighted by atomic mass is 19.4. The number of aliphatic hydroxyl groups is 1. The molecule has 0 aliphatic rings. The van der Waals surface area contributed by atoms with Crippen LogP contribution < -0.4 is 5.73 Å². The quantitative estimate of drug-likeness (QED) is 0.838. The first-order valence-electron chi connectivity index (χ1n) is 5.93. The second-order valence-corrected chi connectivity index (χ2v) is 4.48. The van der Waals surface area contributed by atoms with Gasteiger partial charge in [0.2, 0.25) is 0 Å². The molecule has 1 aromatic carbocycles. The van der Waals surface area contributed by atoms with E-state index in [1.807, 2.05) is 0 Å². The lowest BCUT2D eigenvalue weighted by Crippen LogP contribution is -2.42. The van der Waals surface area contributed by atoms with Crippen molar-refractivity contribution < 1.29 is 23.0 Å². The van der Waals surface area contributed by atoms with Crippen LogP contribution in [0.2, 0.25) is 0 Å². The van der Waals surface area contributed by atoms with E-state index >= 15 is 0 Å². The Balaban J connectivity index is 2.59. The number of ether oxygens (including phenoxy) is 1. The maximum Gasteiger partial charge on any atom is 0.414 e. The maximum absolute atomic E-state index is 12.3. The van der Waals surface area contributed by atoms with Gasteiger partial charge in [0.1, 0.15) is 0 Å². The Morgan fingerprint density at radius 1 is 1.26 bits per heavy atom. The van der Waals surface area contributed by atoms with Crippen molar-refractivity contribution in [2.45, 2.75) is 31.2 Å². The van der Waals surface area contributed by atoms with E-state index < -0.39 is 17.8 Å². The van der Waals surface area contributed by atoms with Gasteiger partial charge in [-0.2, -0.15) is 13.2 Å². The van der Waals surface area contributed by atoms with E-state index in [2.05, 4.69) is 0 Å². The number of hydrogen-bond acceptors (Lipinski definition) is 3. The maximum atomic E-state index is 12.3. The van der Waals surface area contributed by atoms with Crippen LogP contribution in [-0.4, -0.2) is 30.6 Å². The van der Waals surface area contributed by atoms with Crippen molar-refractivity contribution in [3.63, 3.8) is 0 Å². The number of hydrogen-bond donors (Lipinski definition) is 2. The molecule has 0 fully saturated rings. The summed E-state index contributed by atoms with van der Waals surface area (Å²) in [7, 11) is 0. The molecule has 2 unspecified atom stereocenters. The van der Waals surface area contributed by atoms with Gasteiger partial charge in [0.05, 0.1) is 12.1 Å². The zero-order chi connectivity index (χ0) is 14.5. The van der Waals surface area contributed by atoms with Gasteiger partial charge in [-0.3, -0.25) is 0 Å². The second kappa shape index (κ2) is 6.36. The largest absolute Gasteiger partial charge is 0.414 e. The third-order valence-corrected chi connectivity index (χ3v) is 3.01. The zero-order valence-electron chi connectivity index (χ0n) is 10.7. The Hall–Kier alpha value is -1.11. The van der Waals surface area contributed by atoms with E-state index in [0.29, 0.717) is 5.56 Å². The van der Waals surface area contributed by atoms with Crippen LogP contribution in [0.5, 0.6) is 0 Å². The third-order valence-electron chi connectivity index (χ3n) is 3.01. The highest BCUT2D eigenvalue weighted by molar-refractivity contribution is 5.23. The normalized spacial score (nSPS) is 16.9. The van der Waals surface area contributed by atoms with E-state index in [1.165, 1.54) is 0 Å². The summed E-state index contributed by atoms with van der Waals surface area (Å²) in [6.45, 7) is 0.410. The molecule has 0 saturated heterocycles. The fraction of sp³-hybridized carbons (Fsp3) is 0.538. The molecular weight excluding hydrogens is 259 g/mol. The summed E-state index contributed by atoms with van der Waals surface area (Å²) in [5.74, 6) is 0. The van der Waals surface area contributed by atoms with Gasteiger partial charge >= 0.3 is 6.18 Å². The molecule has 0 aromatic heterocycles. The first-order chi connectivity index (χ1) is 8.79. The number of halogens is 3. The van der Waals surface area contributed by atoms with Crippen molar-refractivity contribution in [1.82, 2.24) is 0 Å². The average Bonchev–Trinajstić information content (AvgIpc) is 2.38. The van der Waals surface area contributed by atoms with Gasteiger partial charge in [-0.1, -0.05) is 30.3 Å². The second-order valence-electron chi connectivity index (χ2n) is 4.48. The molecule has 0 saturated carbocycles. The molecule has 0 spiro atoms.